The second-order valence-electron chi connectivity index (χ2n) is 6.36. The lowest BCUT2D eigenvalue weighted by Gasteiger charge is -2.35. The van der Waals surface area contributed by atoms with Crippen LogP contribution in [0.25, 0.3) is 0 Å². The van der Waals surface area contributed by atoms with Crippen molar-refractivity contribution < 1.29 is 9.53 Å². The number of aromatic nitrogens is 1. The van der Waals surface area contributed by atoms with E-state index in [9.17, 15) is 4.79 Å². The predicted molar refractivity (Wildman–Crippen MR) is 90.7 cm³/mol. The summed E-state index contributed by atoms with van der Waals surface area (Å²) in [7, 11) is 1.81. The third-order valence-electron chi connectivity index (χ3n) is 4.61. The van der Waals surface area contributed by atoms with Gasteiger partial charge in [0.15, 0.2) is 0 Å². The molecule has 2 saturated heterocycles. The number of nitrogens with zero attached hydrogens (tertiary/aromatic N) is 3. The highest BCUT2D eigenvalue weighted by molar-refractivity contribution is 7.11. The maximum atomic E-state index is 12.2. The minimum Gasteiger partial charge on any atom is -0.373 e. The first kappa shape index (κ1) is 16.7. The number of hydrogen-bond donors (Lipinski definition) is 1. The minimum absolute atomic E-state index is 0.0645. The average molecular weight is 338 g/mol. The molecule has 2 aliphatic rings. The number of thiazole rings is 1. The van der Waals surface area contributed by atoms with Gasteiger partial charge in [0.25, 0.3) is 0 Å². The van der Waals surface area contributed by atoms with E-state index in [0.717, 1.165) is 24.6 Å². The molecule has 0 saturated carbocycles. The van der Waals surface area contributed by atoms with Crippen LogP contribution < -0.4 is 5.32 Å². The summed E-state index contributed by atoms with van der Waals surface area (Å²) < 4.78 is 5.87. The Morgan fingerprint density at radius 3 is 3.26 bits per heavy atom. The van der Waals surface area contributed by atoms with Crippen molar-refractivity contribution in [1.29, 1.82) is 0 Å². The molecule has 2 unspecified atom stereocenters. The van der Waals surface area contributed by atoms with Crippen LogP contribution in [-0.4, -0.2) is 66.2 Å². The molecule has 0 aliphatic carbocycles. The fraction of sp³-hybridized carbons (Fsp3) is 0.750. The second-order valence-corrected chi connectivity index (χ2v) is 7.56. The van der Waals surface area contributed by atoms with Crippen LogP contribution in [0.3, 0.4) is 0 Å². The van der Waals surface area contributed by atoms with Gasteiger partial charge in [-0.05, 0) is 25.8 Å². The quantitative estimate of drug-likeness (QED) is 0.888. The first-order valence-electron chi connectivity index (χ1n) is 8.44. The Bertz CT molecular complexity index is 536. The third-order valence-corrected chi connectivity index (χ3v) is 5.74. The molecular weight excluding hydrogens is 312 g/mol. The molecule has 2 amide bonds. The number of morpholine rings is 1. The lowest BCUT2D eigenvalue weighted by Crippen LogP contribution is -2.51. The molecule has 7 heteroatoms. The van der Waals surface area contributed by atoms with Crippen LogP contribution in [0.2, 0.25) is 0 Å². The van der Waals surface area contributed by atoms with Gasteiger partial charge in [-0.25, -0.2) is 9.78 Å². The Balaban J connectivity index is 1.41. The van der Waals surface area contributed by atoms with Gasteiger partial charge in [0, 0.05) is 37.3 Å². The molecule has 2 fully saturated rings. The van der Waals surface area contributed by atoms with Crippen LogP contribution in [0.15, 0.2) is 6.20 Å². The number of aryl methyl sites for hydroxylation is 1. The smallest absolute Gasteiger partial charge is 0.317 e. The van der Waals surface area contributed by atoms with Crippen LogP contribution in [-0.2, 0) is 17.7 Å². The highest BCUT2D eigenvalue weighted by Crippen LogP contribution is 2.22. The topological polar surface area (TPSA) is 57.7 Å². The summed E-state index contributed by atoms with van der Waals surface area (Å²) in [4.78, 5) is 22.0. The number of amides is 2. The van der Waals surface area contributed by atoms with Gasteiger partial charge in [-0.1, -0.05) is 6.92 Å². The molecule has 2 aliphatic heterocycles. The van der Waals surface area contributed by atoms with Crippen molar-refractivity contribution in [2.75, 3.05) is 33.3 Å². The van der Waals surface area contributed by atoms with Crippen molar-refractivity contribution in [2.45, 2.75) is 44.9 Å². The molecule has 23 heavy (non-hydrogen) atoms. The zero-order valence-corrected chi connectivity index (χ0v) is 14.8. The fourth-order valence-electron chi connectivity index (χ4n) is 3.20. The highest BCUT2D eigenvalue weighted by Gasteiger charge is 2.32. The van der Waals surface area contributed by atoms with E-state index in [0.29, 0.717) is 19.1 Å². The van der Waals surface area contributed by atoms with Crippen LogP contribution in [0.4, 0.5) is 4.79 Å². The maximum Gasteiger partial charge on any atom is 0.317 e. The number of urea groups is 1. The lowest BCUT2D eigenvalue weighted by atomic mass is 10.2. The molecule has 0 spiro atoms. The van der Waals surface area contributed by atoms with E-state index in [2.05, 4.69) is 22.1 Å². The molecule has 3 heterocycles. The number of rotatable bonds is 5. The summed E-state index contributed by atoms with van der Waals surface area (Å²) in [6.45, 7) is 6.14. The predicted octanol–water partition coefficient (Wildman–Crippen LogP) is 1.71. The third kappa shape index (κ3) is 4.22. The summed E-state index contributed by atoms with van der Waals surface area (Å²) in [5.41, 5.74) is 0. The molecule has 0 bridgehead atoms. The summed E-state index contributed by atoms with van der Waals surface area (Å²) in [6.07, 6.45) is 5.50. The summed E-state index contributed by atoms with van der Waals surface area (Å²) >= 11 is 1.67. The summed E-state index contributed by atoms with van der Waals surface area (Å²) in [5.74, 6) is 0. The molecule has 2 atom stereocenters. The molecular formula is C16H26N4O2S. The second kappa shape index (κ2) is 7.59. The van der Waals surface area contributed by atoms with Crippen LogP contribution in [0.5, 0.6) is 0 Å². The average Bonchev–Trinajstić information content (AvgIpc) is 3.20. The molecule has 3 rings (SSSR count). The van der Waals surface area contributed by atoms with Crippen LogP contribution in [0.1, 0.15) is 29.7 Å². The SMILES string of the molecule is CCc1cnc(CN(C)C(=O)NCC2CN3CCCC3CO2)s1. The van der Waals surface area contributed by atoms with Crippen molar-refractivity contribution in [3.63, 3.8) is 0 Å². The molecule has 1 N–H and O–H groups in total. The Hall–Kier alpha value is -1.18. The number of carbonyl (C=O) groups is 1. The zero-order valence-electron chi connectivity index (χ0n) is 14.0. The van der Waals surface area contributed by atoms with E-state index < -0.39 is 0 Å². The Morgan fingerprint density at radius 2 is 2.48 bits per heavy atom. The number of hydrogen-bond acceptors (Lipinski definition) is 5. The highest BCUT2D eigenvalue weighted by atomic mass is 32.1. The van der Waals surface area contributed by atoms with E-state index in [1.165, 1.54) is 24.3 Å². The number of nitrogens with one attached hydrogen (secondary N) is 1. The lowest BCUT2D eigenvalue weighted by molar-refractivity contribution is -0.0460. The van der Waals surface area contributed by atoms with Gasteiger partial charge >= 0.3 is 6.03 Å². The van der Waals surface area contributed by atoms with Crippen molar-refractivity contribution in [1.82, 2.24) is 20.1 Å². The van der Waals surface area contributed by atoms with Crippen molar-refractivity contribution in [3.8, 4) is 0 Å². The normalized spacial score (nSPS) is 24.4. The first-order chi connectivity index (χ1) is 11.2. The van der Waals surface area contributed by atoms with Gasteiger partial charge in [0.05, 0.1) is 19.3 Å². The Morgan fingerprint density at radius 1 is 1.61 bits per heavy atom. The van der Waals surface area contributed by atoms with Crippen molar-refractivity contribution in [2.24, 2.45) is 0 Å². The molecule has 128 valence electrons. The Kier molecular flexibility index (Phi) is 5.50. The fourth-order valence-corrected chi connectivity index (χ4v) is 4.12. The largest absolute Gasteiger partial charge is 0.373 e. The number of fused-ring (bicyclic) bond motifs is 1. The molecule has 0 radical (unpaired) electrons. The van der Waals surface area contributed by atoms with Crippen LogP contribution in [0, 0.1) is 0 Å². The van der Waals surface area contributed by atoms with Gasteiger partial charge in [-0.15, -0.1) is 11.3 Å². The first-order valence-corrected chi connectivity index (χ1v) is 9.25. The monoisotopic (exact) mass is 338 g/mol. The van der Waals surface area contributed by atoms with Crippen molar-refractivity contribution >= 4 is 17.4 Å². The Labute approximate surface area is 141 Å². The molecule has 1 aromatic heterocycles. The van der Waals surface area contributed by atoms with Gasteiger partial charge in [-0.2, -0.15) is 0 Å². The van der Waals surface area contributed by atoms with Gasteiger partial charge in [-0.3, -0.25) is 4.90 Å². The van der Waals surface area contributed by atoms with Gasteiger partial charge < -0.3 is 15.0 Å². The van der Waals surface area contributed by atoms with E-state index in [1.807, 2.05) is 6.20 Å². The summed E-state index contributed by atoms with van der Waals surface area (Å²) in [5, 5.41) is 3.97. The molecule has 0 aromatic carbocycles. The number of carbonyl (C=O) groups excluding carboxylic acids is 1. The molecule has 6 nitrogen and oxygen atoms in total. The van der Waals surface area contributed by atoms with E-state index >= 15 is 0 Å². The molecule has 1 aromatic rings. The summed E-state index contributed by atoms with van der Waals surface area (Å²) in [6, 6.07) is 0.535. The number of ether oxygens (including phenoxy) is 1. The van der Waals surface area contributed by atoms with E-state index in [1.54, 1.807) is 23.3 Å². The van der Waals surface area contributed by atoms with Gasteiger partial charge in [0.2, 0.25) is 0 Å². The van der Waals surface area contributed by atoms with Crippen LogP contribution >= 0.6 is 11.3 Å². The minimum atomic E-state index is -0.0645. The zero-order chi connectivity index (χ0) is 16.2. The maximum absolute atomic E-state index is 12.2. The van der Waals surface area contributed by atoms with E-state index in [4.69, 9.17) is 4.74 Å². The van der Waals surface area contributed by atoms with E-state index in [-0.39, 0.29) is 12.1 Å². The van der Waals surface area contributed by atoms with Gasteiger partial charge in [0.1, 0.15) is 5.01 Å². The standard InChI is InChI=1S/C16H26N4O2S/c1-3-14-8-17-15(23-14)10-19(2)16(21)18-7-13-9-20-6-4-5-12(20)11-22-13/h8,12-13H,3-7,9-11H2,1-2H3,(H,18,21). The van der Waals surface area contributed by atoms with Crippen molar-refractivity contribution in [3.05, 3.63) is 16.1 Å².